The Hall–Kier alpha value is -1.88. The highest BCUT2D eigenvalue weighted by atomic mass is 16.5. The van der Waals surface area contributed by atoms with Crippen LogP contribution in [-0.2, 0) is 9.53 Å². The average molecular weight is 318 g/mol. The average Bonchev–Trinajstić information content (AvgIpc) is 3.35. The zero-order chi connectivity index (χ0) is 16.5. The lowest BCUT2D eigenvalue weighted by molar-refractivity contribution is -0.121. The summed E-state index contributed by atoms with van der Waals surface area (Å²) in [4.78, 5) is 23.8. The molecule has 0 bridgehead atoms. The maximum Gasteiger partial charge on any atom is 0.251 e. The second-order valence-electron chi connectivity index (χ2n) is 6.17. The van der Waals surface area contributed by atoms with E-state index in [0.717, 1.165) is 18.9 Å². The highest BCUT2D eigenvalue weighted by Crippen LogP contribution is 2.28. The molecule has 5 heteroatoms. The van der Waals surface area contributed by atoms with E-state index in [1.165, 1.54) is 12.8 Å². The van der Waals surface area contributed by atoms with Crippen LogP contribution >= 0.6 is 0 Å². The van der Waals surface area contributed by atoms with Crippen molar-refractivity contribution in [3.63, 3.8) is 0 Å². The summed E-state index contributed by atoms with van der Waals surface area (Å²) < 4.78 is 5.51. The largest absolute Gasteiger partial charge is 0.381 e. The SMILES string of the molecule is CC(CC(=O)NCCCOCC1CC1)NC(=O)c1ccccc1. The summed E-state index contributed by atoms with van der Waals surface area (Å²) >= 11 is 0. The van der Waals surface area contributed by atoms with E-state index in [-0.39, 0.29) is 24.3 Å². The van der Waals surface area contributed by atoms with Gasteiger partial charge in [0.05, 0.1) is 0 Å². The van der Waals surface area contributed by atoms with E-state index in [1.54, 1.807) is 12.1 Å². The van der Waals surface area contributed by atoms with Gasteiger partial charge < -0.3 is 15.4 Å². The van der Waals surface area contributed by atoms with Crippen LogP contribution in [0.5, 0.6) is 0 Å². The van der Waals surface area contributed by atoms with E-state index in [9.17, 15) is 9.59 Å². The highest BCUT2D eigenvalue weighted by molar-refractivity contribution is 5.94. The molecule has 2 N–H and O–H groups in total. The van der Waals surface area contributed by atoms with Gasteiger partial charge in [0.15, 0.2) is 0 Å². The van der Waals surface area contributed by atoms with Crippen molar-refractivity contribution >= 4 is 11.8 Å². The first-order chi connectivity index (χ1) is 11.1. The molecule has 0 heterocycles. The molecule has 0 radical (unpaired) electrons. The maximum absolute atomic E-state index is 12.0. The van der Waals surface area contributed by atoms with Crippen LogP contribution in [0.4, 0.5) is 0 Å². The number of benzene rings is 1. The molecule has 126 valence electrons. The predicted octanol–water partition coefficient (Wildman–Crippen LogP) is 2.13. The van der Waals surface area contributed by atoms with Crippen molar-refractivity contribution in [2.24, 2.45) is 5.92 Å². The molecule has 1 aromatic carbocycles. The van der Waals surface area contributed by atoms with Gasteiger partial charge in [-0.1, -0.05) is 18.2 Å². The van der Waals surface area contributed by atoms with Gasteiger partial charge >= 0.3 is 0 Å². The van der Waals surface area contributed by atoms with Crippen molar-refractivity contribution < 1.29 is 14.3 Å². The molecule has 2 rings (SSSR count). The van der Waals surface area contributed by atoms with Gasteiger partial charge in [0.1, 0.15) is 0 Å². The first-order valence-corrected chi connectivity index (χ1v) is 8.35. The lowest BCUT2D eigenvalue weighted by atomic mass is 10.1. The lowest BCUT2D eigenvalue weighted by Crippen LogP contribution is -2.37. The van der Waals surface area contributed by atoms with Crippen LogP contribution in [0.2, 0.25) is 0 Å². The molecule has 0 aliphatic heterocycles. The van der Waals surface area contributed by atoms with Crippen LogP contribution < -0.4 is 10.6 Å². The number of carbonyl (C=O) groups is 2. The number of carbonyl (C=O) groups excluding carboxylic acids is 2. The fourth-order valence-electron chi connectivity index (χ4n) is 2.23. The number of ether oxygens (including phenoxy) is 1. The van der Waals surface area contributed by atoms with Crippen LogP contribution in [0.3, 0.4) is 0 Å². The summed E-state index contributed by atoms with van der Waals surface area (Å²) in [6, 6.07) is 8.80. The minimum absolute atomic E-state index is 0.0481. The third-order valence-corrected chi connectivity index (χ3v) is 3.74. The molecule has 0 spiro atoms. The summed E-state index contributed by atoms with van der Waals surface area (Å²) in [7, 11) is 0. The van der Waals surface area contributed by atoms with E-state index in [2.05, 4.69) is 10.6 Å². The number of nitrogens with one attached hydrogen (secondary N) is 2. The van der Waals surface area contributed by atoms with E-state index in [4.69, 9.17) is 4.74 Å². The topological polar surface area (TPSA) is 67.4 Å². The van der Waals surface area contributed by atoms with E-state index < -0.39 is 0 Å². The molecule has 1 atom stereocenters. The van der Waals surface area contributed by atoms with Crippen molar-refractivity contribution in [2.75, 3.05) is 19.8 Å². The molecule has 1 aliphatic carbocycles. The number of rotatable bonds is 10. The summed E-state index contributed by atoms with van der Waals surface area (Å²) in [6.07, 6.45) is 3.69. The number of amides is 2. The zero-order valence-corrected chi connectivity index (χ0v) is 13.7. The van der Waals surface area contributed by atoms with Crippen molar-refractivity contribution in [1.82, 2.24) is 10.6 Å². The molecular formula is C18H26N2O3. The Morgan fingerprint density at radius 3 is 2.70 bits per heavy atom. The summed E-state index contributed by atoms with van der Waals surface area (Å²) in [5.74, 6) is 0.575. The molecule has 1 unspecified atom stereocenters. The third kappa shape index (κ3) is 7.28. The Labute approximate surface area is 137 Å². The van der Waals surface area contributed by atoms with Crippen LogP contribution in [-0.4, -0.2) is 37.6 Å². The Bertz CT molecular complexity index is 500. The van der Waals surface area contributed by atoms with E-state index in [0.29, 0.717) is 18.7 Å². The van der Waals surface area contributed by atoms with Crippen molar-refractivity contribution in [1.29, 1.82) is 0 Å². The molecule has 5 nitrogen and oxygen atoms in total. The zero-order valence-electron chi connectivity index (χ0n) is 13.7. The smallest absolute Gasteiger partial charge is 0.251 e. The fraction of sp³-hybridized carbons (Fsp3) is 0.556. The molecule has 2 amide bonds. The van der Waals surface area contributed by atoms with Crippen molar-refractivity contribution in [3.05, 3.63) is 35.9 Å². The number of hydrogen-bond donors (Lipinski definition) is 2. The summed E-state index contributed by atoms with van der Waals surface area (Å²) in [6.45, 7) is 4.00. The van der Waals surface area contributed by atoms with Crippen LogP contribution in [0.15, 0.2) is 30.3 Å². The van der Waals surface area contributed by atoms with E-state index in [1.807, 2.05) is 25.1 Å². The molecule has 1 aromatic rings. The summed E-state index contributed by atoms with van der Waals surface area (Å²) in [5, 5.41) is 5.69. The molecule has 1 saturated carbocycles. The van der Waals surface area contributed by atoms with E-state index >= 15 is 0 Å². The van der Waals surface area contributed by atoms with Crippen molar-refractivity contribution in [2.45, 2.75) is 38.6 Å². The standard InChI is InChI=1S/C18H26N2O3/c1-14(20-18(22)16-6-3-2-4-7-16)12-17(21)19-10-5-11-23-13-15-8-9-15/h2-4,6-7,14-15H,5,8-13H2,1H3,(H,19,21)(H,20,22). The molecule has 1 aliphatic rings. The second-order valence-corrected chi connectivity index (χ2v) is 6.17. The van der Waals surface area contributed by atoms with Crippen molar-refractivity contribution in [3.8, 4) is 0 Å². The molecule has 0 saturated heterocycles. The normalized spacial score (nSPS) is 15.0. The van der Waals surface area contributed by atoms with Gasteiger partial charge in [0.25, 0.3) is 5.91 Å². The van der Waals surface area contributed by atoms with Crippen LogP contribution in [0, 0.1) is 5.92 Å². The maximum atomic E-state index is 12.0. The Morgan fingerprint density at radius 2 is 2.00 bits per heavy atom. The van der Waals surface area contributed by atoms with Gasteiger partial charge in [0, 0.05) is 37.8 Å². The Kier molecular flexibility index (Phi) is 7.07. The quantitative estimate of drug-likeness (QED) is 0.649. The Balaban J connectivity index is 1.54. The predicted molar refractivity (Wildman–Crippen MR) is 89.2 cm³/mol. The third-order valence-electron chi connectivity index (χ3n) is 3.74. The lowest BCUT2D eigenvalue weighted by Gasteiger charge is -2.14. The second kappa shape index (κ2) is 9.30. The van der Waals surface area contributed by atoms with Gasteiger partial charge in [-0.3, -0.25) is 9.59 Å². The van der Waals surface area contributed by atoms with Crippen LogP contribution in [0.1, 0.15) is 43.0 Å². The first-order valence-electron chi connectivity index (χ1n) is 8.35. The molecule has 23 heavy (non-hydrogen) atoms. The monoisotopic (exact) mass is 318 g/mol. The Morgan fingerprint density at radius 1 is 1.26 bits per heavy atom. The minimum Gasteiger partial charge on any atom is -0.381 e. The fourth-order valence-corrected chi connectivity index (χ4v) is 2.23. The highest BCUT2D eigenvalue weighted by Gasteiger charge is 2.20. The van der Waals surface area contributed by atoms with Crippen LogP contribution in [0.25, 0.3) is 0 Å². The molecule has 1 fully saturated rings. The summed E-state index contributed by atoms with van der Waals surface area (Å²) in [5.41, 5.74) is 0.604. The molecule has 0 aromatic heterocycles. The minimum atomic E-state index is -0.200. The van der Waals surface area contributed by atoms with Gasteiger partial charge in [-0.25, -0.2) is 0 Å². The first kappa shape index (κ1) is 17.5. The molecular weight excluding hydrogens is 292 g/mol. The van der Waals surface area contributed by atoms with Gasteiger partial charge in [-0.05, 0) is 44.2 Å². The van der Waals surface area contributed by atoms with Gasteiger partial charge in [-0.15, -0.1) is 0 Å². The number of hydrogen-bond acceptors (Lipinski definition) is 3. The van der Waals surface area contributed by atoms with Gasteiger partial charge in [0.2, 0.25) is 5.91 Å². The van der Waals surface area contributed by atoms with Gasteiger partial charge in [-0.2, -0.15) is 0 Å².